The van der Waals surface area contributed by atoms with Gasteiger partial charge in [-0.2, -0.15) is 10.2 Å². The highest BCUT2D eigenvalue weighted by molar-refractivity contribution is 5.39. The second-order valence-corrected chi connectivity index (χ2v) is 8.37. The van der Waals surface area contributed by atoms with Gasteiger partial charge in [0, 0.05) is 29.4 Å². The number of imidazole rings is 2. The topological polar surface area (TPSA) is 60.4 Å². The summed E-state index contributed by atoms with van der Waals surface area (Å²) in [6.45, 7) is 17.1. The first-order valence-corrected chi connectivity index (χ1v) is 10.3. The Balaban J connectivity index is 0.000000191. The third kappa shape index (κ3) is 5.19. The fraction of sp³-hybridized carbons (Fsp3) is 0.478. The smallest absolute Gasteiger partial charge is 0.153 e. The van der Waals surface area contributed by atoms with Crippen LogP contribution in [0.1, 0.15) is 73.2 Å². The summed E-state index contributed by atoms with van der Waals surface area (Å²) < 4.78 is 3.73. The number of aromatic nitrogens is 6. The van der Waals surface area contributed by atoms with Crippen LogP contribution in [0.2, 0.25) is 0 Å². The summed E-state index contributed by atoms with van der Waals surface area (Å²) in [4.78, 5) is 8.48. The van der Waals surface area contributed by atoms with Crippen molar-refractivity contribution in [2.45, 2.75) is 72.6 Å². The Bertz CT molecular complexity index is 1040. The van der Waals surface area contributed by atoms with Crippen LogP contribution in [0, 0.1) is 0 Å². The lowest BCUT2D eigenvalue weighted by atomic mass is 9.87. The molecular formula is C23H34N6. The largest absolute Gasteiger partial charge is 0.236 e. The molecule has 4 heterocycles. The first-order valence-electron chi connectivity index (χ1n) is 10.3. The first kappa shape index (κ1) is 22.5. The molecule has 0 saturated carbocycles. The quantitative estimate of drug-likeness (QED) is 0.452. The van der Waals surface area contributed by atoms with Gasteiger partial charge in [0.2, 0.25) is 0 Å². The third-order valence-corrected chi connectivity index (χ3v) is 4.88. The highest BCUT2D eigenvalue weighted by Gasteiger charge is 2.22. The molecule has 0 amide bonds. The van der Waals surface area contributed by atoms with E-state index in [1.54, 1.807) is 16.9 Å². The van der Waals surface area contributed by atoms with Crippen molar-refractivity contribution in [3.63, 3.8) is 0 Å². The van der Waals surface area contributed by atoms with Crippen molar-refractivity contribution in [3.8, 4) is 0 Å². The van der Waals surface area contributed by atoms with Gasteiger partial charge in [0.25, 0.3) is 0 Å². The Morgan fingerprint density at radius 2 is 1.62 bits per heavy atom. The van der Waals surface area contributed by atoms with E-state index in [0.717, 1.165) is 23.4 Å². The van der Waals surface area contributed by atoms with E-state index in [2.05, 4.69) is 61.7 Å². The average molecular weight is 395 g/mol. The fourth-order valence-corrected chi connectivity index (χ4v) is 2.69. The Morgan fingerprint density at radius 1 is 0.897 bits per heavy atom. The maximum Gasteiger partial charge on any atom is 0.153 e. The summed E-state index contributed by atoms with van der Waals surface area (Å²) >= 11 is 0. The lowest BCUT2D eigenvalue weighted by molar-refractivity contribution is 0.478. The average Bonchev–Trinajstić information content (AvgIpc) is 3.36. The van der Waals surface area contributed by atoms with E-state index >= 15 is 0 Å². The molecular weight excluding hydrogens is 360 g/mol. The minimum atomic E-state index is 0.0957. The van der Waals surface area contributed by atoms with Crippen LogP contribution in [0.25, 0.3) is 11.3 Å². The van der Waals surface area contributed by atoms with Crippen LogP contribution >= 0.6 is 0 Å². The molecule has 6 heteroatoms. The maximum atomic E-state index is 4.46. The molecule has 0 N–H and O–H groups in total. The number of rotatable bonds is 2. The van der Waals surface area contributed by atoms with Crippen LogP contribution in [-0.4, -0.2) is 29.2 Å². The fourth-order valence-electron chi connectivity index (χ4n) is 2.69. The van der Waals surface area contributed by atoms with Gasteiger partial charge in [-0.25, -0.2) is 19.0 Å². The number of hydrogen-bond donors (Lipinski definition) is 0. The van der Waals surface area contributed by atoms with E-state index in [4.69, 9.17) is 0 Å². The molecule has 0 atom stereocenters. The minimum absolute atomic E-state index is 0.0957. The van der Waals surface area contributed by atoms with E-state index in [0.29, 0.717) is 0 Å². The van der Waals surface area contributed by atoms with Crippen LogP contribution in [0.5, 0.6) is 0 Å². The zero-order valence-corrected chi connectivity index (χ0v) is 19.0. The SMILES string of the molecule is CC.CC(C)(C)c1ccc2nccn2n1.CCC(C)(C)c1cnc2cccnn12. The van der Waals surface area contributed by atoms with Crippen LogP contribution in [-0.2, 0) is 10.8 Å². The minimum Gasteiger partial charge on any atom is -0.236 e. The normalized spacial score (nSPS) is 11.6. The van der Waals surface area contributed by atoms with Crippen molar-refractivity contribution in [1.29, 1.82) is 0 Å². The van der Waals surface area contributed by atoms with Crippen LogP contribution in [0.3, 0.4) is 0 Å². The van der Waals surface area contributed by atoms with Gasteiger partial charge in [-0.05, 0) is 30.7 Å². The lowest BCUT2D eigenvalue weighted by Gasteiger charge is -2.21. The number of hydrogen-bond acceptors (Lipinski definition) is 4. The summed E-state index contributed by atoms with van der Waals surface area (Å²) in [6, 6.07) is 7.91. The lowest BCUT2D eigenvalue weighted by Crippen LogP contribution is -2.18. The Morgan fingerprint density at radius 3 is 2.28 bits per heavy atom. The summed E-state index contributed by atoms with van der Waals surface area (Å²) in [7, 11) is 0. The van der Waals surface area contributed by atoms with Crippen molar-refractivity contribution in [2.24, 2.45) is 0 Å². The molecule has 6 nitrogen and oxygen atoms in total. The molecule has 4 aromatic rings. The molecule has 4 aromatic heterocycles. The van der Waals surface area contributed by atoms with Crippen molar-refractivity contribution >= 4 is 11.3 Å². The molecule has 0 aromatic carbocycles. The van der Waals surface area contributed by atoms with Gasteiger partial charge in [-0.3, -0.25) is 0 Å². The molecule has 0 aliphatic rings. The first-order chi connectivity index (χ1) is 13.7. The Hall–Kier alpha value is -2.76. The molecule has 0 bridgehead atoms. The monoisotopic (exact) mass is 394 g/mol. The zero-order chi connectivity index (χ0) is 21.7. The summed E-state index contributed by atoms with van der Waals surface area (Å²) in [5, 5.41) is 8.77. The van der Waals surface area contributed by atoms with Crippen LogP contribution in [0.4, 0.5) is 0 Å². The standard InChI is InChI=1S/C11H15N3.C10H13N3.C2H6/c1-4-11(2,3)9-8-12-10-6-5-7-13-14(9)10;1-10(2,3)8-4-5-9-11-6-7-13(9)12-8;1-2/h5-8H,4H2,1-3H3;4-7H,1-3H3;1-2H3. The summed E-state index contributed by atoms with van der Waals surface area (Å²) in [6.07, 6.45) is 8.42. The predicted molar refractivity (Wildman–Crippen MR) is 119 cm³/mol. The second-order valence-electron chi connectivity index (χ2n) is 8.37. The van der Waals surface area contributed by atoms with Crippen molar-refractivity contribution < 1.29 is 0 Å². The molecule has 0 aliphatic heterocycles. The molecule has 156 valence electrons. The van der Waals surface area contributed by atoms with Gasteiger partial charge in [0.1, 0.15) is 0 Å². The van der Waals surface area contributed by atoms with Crippen molar-refractivity contribution in [1.82, 2.24) is 29.2 Å². The van der Waals surface area contributed by atoms with E-state index in [1.807, 2.05) is 55.0 Å². The molecule has 0 spiro atoms. The van der Waals surface area contributed by atoms with E-state index in [9.17, 15) is 0 Å². The van der Waals surface area contributed by atoms with Gasteiger partial charge in [0.05, 0.1) is 17.6 Å². The van der Waals surface area contributed by atoms with E-state index < -0.39 is 0 Å². The van der Waals surface area contributed by atoms with Crippen LogP contribution in [0.15, 0.2) is 49.1 Å². The van der Waals surface area contributed by atoms with Gasteiger partial charge < -0.3 is 0 Å². The highest BCUT2D eigenvalue weighted by atomic mass is 15.3. The predicted octanol–water partition coefficient (Wildman–Crippen LogP) is 5.47. The van der Waals surface area contributed by atoms with E-state index in [1.165, 1.54) is 5.69 Å². The van der Waals surface area contributed by atoms with Crippen LogP contribution < -0.4 is 0 Å². The number of fused-ring (bicyclic) bond motifs is 2. The molecule has 4 rings (SSSR count). The van der Waals surface area contributed by atoms with E-state index in [-0.39, 0.29) is 10.8 Å². The molecule has 29 heavy (non-hydrogen) atoms. The van der Waals surface area contributed by atoms with Gasteiger partial charge >= 0.3 is 0 Å². The summed E-state index contributed by atoms with van der Waals surface area (Å²) in [5.74, 6) is 0. The van der Waals surface area contributed by atoms with Gasteiger partial charge in [0.15, 0.2) is 11.3 Å². The number of nitrogens with zero attached hydrogens (tertiary/aromatic N) is 6. The second kappa shape index (κ2) is 9.16. The highest BCUT2D eigenvalue weighted by Crippen LogP contribution is 2.26. The van der Waals surface area contributed by atoms with Gasteiger partial charge in [-0.1, -0.05) is 55.4 Å². The molecule has 0 fully saturated rings. The Kier molecular flexibility index (Phi) is 7.11. The summed E-state index contributed by atoms with van der Waals surface area (Å²) in [5.41, 5.74) is 4.30. The third-order valence-electron chi connectivity index (χ3n) is 4.88. The Labute approximate surface area is 174 Å². The molecule has 0 radical (unpaired) electrons. The zero-order valence-electron chi connectivity index (χ0n) is 19.0. The molecule has 0 unspecified atom stereocenters. The van der Waals surface area contributed by atoms with Crippen molar-refractivity contribution in [3.05, 3.63) is 60.4 Å². The maximum absolute atomic E-state index is 4.46. The molecule has 0 saturated heterocycles. The van der Waals surface area contributed by atoms with Gasteiger partial charge in [-0.15, -0.1) is 0 Å². The molecule has 0 aliphatic carbocycles. The van der Waals surface area contributed by atoms with Crippen molar-refractivity contribution in [2.75, 3.05) is 0 Å².